The molecule has 0 aliphatic heterocycles. The van der Waals surface area contributed by atoms with Gasteiger partial charge in [0.1, 0.15) is 4.70 Å². The normalized spacial score (nSPS) is 10.3. The van der Waals surface area contributed by atoms with Crippen molar-refractivity contribution in [2.75, 3.05) is 0 Å². The maximum absolute atomic E-state index is 5.99. The van der Waals surface area contributed by atoms with Gasteiger partial charge in [-0.3, -0.25) is 0 Å². The summed E-state index contributed by atoms with van der Waals surface area (Å²) in [6.07, 6.45) is 0. The minimum atomic E-state index is 0. The van der Waals surface area contributed by atoms with E-state index in [9.17, 15) is 0 Å². The molecule has 0 spiro atoms. The van der Waals surface area contributed by atoms with E-state index < -0.39 is 0 Å². The van der Waals surface area contributed by atoms with Gasteiger partial charge in [-0.1, -0.05) is 53.3 Å². The van der Waals surface area contributed by atoms with E-state index in [1.165, 1.54) is 15.8 Å². The van der Waals surface area contributed by atoms with Crippen molar-refractivity contribution >= 4 is 33.2 Å². The van der Waals surface area contributed by atoms with E-state index in [4.69, 9.17) is 11.6 Å². The van der Waals surface area contributed by atoms with Crippen molar-refractivity contribution in [3.05, 3.63) is 64.6 Å². The molecule has 0 atom stereocenters. The van der Waals surface area contributed by atoms with E-state index in [1.807, 2.05) is 18.2 Å². The van der Waals surface area contributed by atoms with Crippen LogP contribution < -0.4 is 21.5 Å². The Hall–Kier alpha value is -0.900. The second kappa shape index (κ2) is 5.83. The Morgan fingerprint density at radius 2 is 1.83 bits per heavy atom. The monoisotopic (exact) mass is 339 g/mol. The van der Waals surface area contributed by atoms with E-state index in [1.54, 1.807) is 11.3 Å². The van der Waals surface area contributed by atoms with Crippen LogP contribution in [0.5, 0.6) is 0 Å². The highest BCUT2D eigenvalue weighted by Crippen LogP contribution is 2.21. The maximum Gasteiger partial charge on any atom is 0.226 e. The molecule has 1 heterocycles. The second-order valence-corrected chi connectivity index (χ2v) is 5.27. The molecule has 0 amide bonds. The molecule has 3 aromatic rings. The van der Waals surface area contributed by atoms with Crippen LogP contribution in [-0.4, -0.2) is 0 Å². The van der Waals surface area contributed by atoms with Crippen molar-refractivity contribution in [1.29, 1.82) is 0 Å². The van der Waals surface area contributed by atoms with Crippen LogP contribution in [0, 0.1) is 0 Å². The standard InChI is InChI=1S/C14H11ClNS.BrH/c15-12-6-7-13-14(8-12)17-10-16(13)9-11-4-2-1-3-5-11;/h1-8,10H,9H2;1H/q+1;/p-1. The van der Waals surface area contributed by atoms with Crippen LogP contribution in [0.3, 0.4) is 0 Å². The van der Waals surface area contributed by atoms with Crippen LogP contribution in [-0.2, 0) is 6.54 Å². The molecular formula is C14H11BrClNS. The third-order valence-electron chi connectivity index (χ3n) is 2.73. The van der Waals surface area contributed by atoms with E-state index in [0.717, 1.165) is 11.6 Å². The van der Waals surface area contributed by atoms with Gasteiger partial charge in [0.2, 0.25) is 11.0 Å². The molecular weight excluding hydrogens is 330 g/mol. The van der Waals surface area contributed by atoms with E-state index in [-0.39, 0.29) is 17.0 Å². The Kier molecular flexibility index (Phi) is 4.38. The molecule has 0 bridgehead atoms. The molecule has 1 nitrogen and oxygen atoms in total. The van der Waals surface area contributed by atoms with E-state index in [2.05, 4.69) is 40.4 Å². The number of benzene rings is 2. The Bertz CT molecular complexity index is 651. The van der Waals surface area contributed by atoms with Gasteiger partial charge in [0.15, 0.2) is 6.54 Å². The zero-order valence-corrected chi connectivity index (χ0v) is 12.7. The summed E-state index contributed by atoms with van der Waals surface area (Å²) in [7, 11) is 0. The summed E-state index contributed by atoms with van der Waals surface area (Å²) in [5.41, 5.74) is 4.70. The minimum absolute atomic E-state index is 0. The molecule has 0 fully saturated rings. The number of hydrogen-bond acceptors (Lipinski definition) is 1. The van der Waals surface area contributed by atoms with Crippen molar-refractivity contribution in [1.82, 2.24) is 0 Å². The van der Waals surface area contributed by atoms with Crippen molar-refractivity contribution in [2.24, 2.45) is 0 Å². The van der Waals surface area contributed by atoms with Crippen molar-refractivity contribution in [2.45, 2.75) is 6.54 Å². The van der Waals surface area contributed by atoms with Gasteiger partial charge in [-0.25, -0.2) is 0 Å². The van der Waals surface area contributed by atoms with Crippen LogP contribution in [0.25, 0.3) is 10.2 Å². The Morgan fingerprint density at radius 3 is 2.61 bits per heavy atom. The predicted octanol–water partition coefficient (Wildman–Crippen LogP) is 0.895. The van der Waals surface area contributed by atoms with Gasteiger partial charge in [-0.05, 0) is 12.1 Å². The largest absolute Gasteiger partial charge is 1.00 e. The second-order valence-electron chi connectivity index (χ2n) is 3.95. The number of hydrogen-bond donors (Lipinski definition) is 0. The highest BCUT2D eigenvalue weighted by Gasteiger charge is 2.12. The number of thiazole rings is 1. The molecule has 4 heteroatoms. The number of rotatable bonds is 2. The quantitative estimate of drug-likeness (QED) is 0.610. The van der Waals surface area contributed by atoms with E-state index in [0.29, 0.717) is 0 Å². The van der Waals surface area contributed by atoms with Crippen LogP contribution in [0.1, 0.15) is 5.56 Å². The van der Waals surface area contributed by atoms with Gasteiger partial charge in [0, 0.05) is 16.7 Å². The van der Waals surface area contributed by atoms with Gasteiger partial charge in [-0.15, -0.1) is 0 Å². The molecule has 0 saturated carbocycles. The first-order valence-electron chi connectivity index (χ1n) is 5.43. The molecule has 3 rings (SSSR count). The third-order valence-corrected chi connectivity index (χ3v) is 3.91. The van der Waals surface area contributed by atoms with Crippen molar-refractivity contribution in [3.8, 4) is 0 Å². The molecule has 0 saturated heterocycles. The molecule has 92 valence electrons. The zero-order chi connectivity index (χ0) is 11.7. The Labute approximate surface area is 125 Å². The number of nitrogens with zero attached hydrogens (tertiary/aromatic N) is 1. The summed E-state index contributed by atoms with van der Waals surface area (Å²) in [4.78, 5) is 0. The summed E-state index contributed by atoms with van der Waals surface area (Å²) in [6, 6.07) is 16.5. The summed E-state index contributed by atoms with van der Waals surface area (Å²) < 4.78 is 3.49. The first-order chi connectivity index (χ1) is 8.33. The topological polar surface area (TPSA) is 3.88 Å². The molecule has 2 aromatic carbocycles. The fraction of sp³-hybridized carbons (Fsp3) is 0.0714. The van der Waals surface area contributed by atoms with Gasteiger partial charge in [-0.2, -0.15) is 4.57 Å². The van der Waals surface area contributed by atoms with Crippen LogP contribution in [0.2, 0.25) is 5.02 Å². The van der Waals surface area contributed by atoms with Crippen LogP contribution in [0.4, 0.5) is 0 Å². The zero-order valence-electron chi connectivity index (χ0n) is 9.51. The summed E-state index contributed by atoms with van der Waals surface area (Å²) in [5, 5.41) is 0.797. The average molecular weight is 341 g/mol. The van der Waals surface area contributed by atoms with Crippen LogP contribution in [0.15, 0.2) is 54.0 Å². The fourth-order valence-corrected chi connectivity index (χ4v) is 3.07. The summed E-state index contributed by atoms with van der Waals surface area (Å²) in [5.74, 6) is 0. The molecule has 0 unspecified atom stereocenters. The maximum atomic E-state index is 5.99. The van der Waals surface area contributed by atoms with Gasteiger partial charge >= 0.3 is 0 Å². The van der Waals surface area contributed by atoms with Crippen molar-refractivity contribution < 1.29 is 21.5 Å². The Balaban J connectivity index is 0.00000120. The Morgan fingerprint density at radius 1 is 1.06 bits per heavy atom. The number of halogens is 2. The minimum Gasteiger partial charge on any atom is -1.00 e. The lowest BCUT2D eigenvalue weighted by Crippen LogP contribution is -3.00. The molecule has 18 heavy (non-hydrogen) atoms. The molecule has 0 radical (unpaired) electrons. The van der Waals surface area contributed by atoms with Crippen molar-refractivity contribution in [3.63, 3.8) is 0 Å². The average Bonchev–Trinajstić information content (AvgIpc) is 2.73. The molecule has 0 aliphatic rings. The SMILES string of the molecule is Clc1ccc2c(c1)sc[n+]2Cc1ccccc1.[Br-]. The molecule has 1 aromatic heterocycles. The fourth-order valence-electron chi connectivity index (χ4n) is 1.90. The van der Waals surface area contributed by atoms with Gasteiger partial charge in [0.25, 0.3) is 0 Å². The summed E-state index contributed by atoms with van der Waals surface area (Å²) in [6.45, 7) is 0.905. The first kappa shape index (κ1) is 13.5. The highest BCUT2D eigenvalue weighted by molar-refractivity contribution is 7.16. The lowest BCUT2D eigenvalue weighted by molar-refractivity contribution is -0.658. The highest BCUT2D eigenvalue weighted by atomic mass is 79.9. The third kappa shape index (κ3) is 2.74. The van der Waals surface area contributed by atoms with Gasteiger partial charge < -0.3 is 17.0 Å². The number of aromatic nitrogens is 1. The molecule has 0 N–H and O–H groups in total. The van der Waals surface area contributed by atoms with Crippen LogP contribution >= 0.6 is 22.9 Å². The van der Waals surface area contributed by atoms with E-state index >= 15 is 0 Å². The lowest BCUT2D eigenvalue weighted by Gasteiger charge is -1.95. The smallest absolute Gasteiger partial charge is 0.226 e. The lowest BCUT2D eigenvalue weighted by atomic mass is 10.2. The first-order valence-corrected chi connectivity index (χ1v) is 6.69. The summed E-state index contributed by atoms with van der Waals surface area (Å²) >= 11 is 7.71. The number of fused-ring (bicyclic) bond motifs is 1. The predicted molar refractivity (Wildman–Crippen MR) is 72.6 cm³/mol. The molecule has 0 aliphatic carbocycles. The van der Waals surface area contributed by atoms with Gasteiger partial charge in [0.05, 0.1) is 0 Å².